The first-order chi connectivity index (χ1) is 12.2. The number of benzene rings is 1. The van der Waals surface area contributed by atoms with Crippen molar-refractivity contribution in [2.24, 2.45) is 11.1 Å². The fourth-order valence-corrected chi connectivity index (χ4v) is 4.01. The standard InChI is InChI=1S/C20H30N2O3/c21-19(23)20(9-5-2-6-10-20)11-12-22-13-14-24-18(15-22)16-25-17-7-3-1-4-8-17/h1,3-4,7-8,18H,2,5-6,9-16H2,(H2,21,23). The maximum absolute atomic E-state index is 12.0. The van der Waals surface area contributed by atoms with E-state index in [9.17, 15) is 4.79 Å². The molecule has 1 saturated carbocycles. The van der Waals surface area contributed by atoms with Crippen LogP contribution < -0.4 is 10.5 Å². The van der Waals surface area contributed by atoms with Gasteiger partial charge in [0.2, 0.25) is 5.91 Å². The van der Waals surface area contributed by atoms with Gasteiger partial charge in [0.15, 0.2) is 0 Å². The molecular weight excluding hydrogens is 316 g/mol. The third-order valence-corrected chi connectivity index (χ3v) is 5.64. The Morgan fingerprint density at radius 2 is 2.00 bits per heavy atom. The minimum atomic E-state index is -0.285. The molecule has 25 heavy (non-hydrogen) atoms. The van der Waals surface area contributed by atoms with E-state index in [1.165, 1.54) is 6.42 Å². The monoisotopic (exact) mass is 346 g/mol. The predicted octanol–water partition coefficient (Wildman–Crippen LogP) is 2.59. The highest BCUT2D eigenvalue weighted by atomic mass is 16.5. The van der Waals surface area contributed by atoms with E-state index in [0.29, 0.717) is 13.2 Å². The summed E-state index contributed by atoms with van der Waals surface area (Å²) >= 11 is 0. The van der Waals surface area contributed by atoms with Gasteiger partial charge in [-0.1, -0.05) is 37.5 Å². The second kappa shape index (κ2) is 8.68. The zero-order valence-electron chi connectivity index (χ0n) is 15.0. The Morgan fingerprint density at radius 3 is 2.72 bits per heavy atom. The molecule has 0 radical (unpaired) electrons. The molecule has 138 valence electrons. The first-order valence-corrected chi connectivity index (χ1v) is 9.50. The number of hydrogen-bond donors (Lipinski definition) is 1. The van der Waals surface area contributed by atoms with E-state index in [4.69, 9.17) is 15.2 Å². The Balaban J connectivity index is 1.47. The molecule has 5 heteroatoms. The van der Waals surface area contributed by atoms with Crippen LogP contribution in [0.1, 0.15) is 38.5 Å². The summed E-state index contributed by atoms with van der Waals surface area (Å²) in [5.74, 6) is 0.766. The molecule has 0 aromatic heterocycles. The highest BCUT2D eigenvalue weighted by molar-refractivity contribution is 5.80. The van der Waals surface area contributed by atoms with Gasteiger partial charge in [-0.3, -0.25) is 9.69 Å². The fourth-order valence-electron chi connectivity index (χ4n) is 4.01. The number of para-hydroxylation sites is 1. The Hall–Kier alpha value is -1.59. The number of amides is 1. The molecule has 2 fully saturated rings. The molecule has 1 heterocycles. The topological polar surface area (TPSA) is 64.8 Å². The molecule has 1 aromatic carbocycles. The number of ether oxygens (including phenoxy) is 2. The first-order valence-electron chi connectivity index (χ1n) is 9.50. The summed E-state index contributed by atoms with van der Waals surface area (Å²) < 4.78 is 11.7. The molecule has 1 aromatic rings. The van der Waals surface area contributed by atoms with Crippen LogP contribution in [0.3, 0.4) is 0 Å². The van der Waals surface area contributed by atoms with Crippen molar-refractivity contribution in [3.63, 3.8) is 0 Å². The maximum atomic E-state index is 12.0. The molecule has 0 spiro atoms. The van der Waals surface area contributed by atoms with E-state index in [1.54, 1.807) is 0 Å². The minimum absolute atomic E-state index is 0.0739. The second-order valence-electron chi connectivity index (χ2n) is 7.37. The van der Waals surface area contributed by atoms with Gasteiger partial charge in [0.1, 0.15) is 18.5 Å². The largest absolute Gasteiger partial charge is 0.491 e. The molecule has 2 aliphatic rings. The predicted molar refractivity (Wildman–Crippen MR) is 97.4 cm³/mol. The third-order valence-electron chi connectivity index (χ3n) is 5.64. The second-order valence-corrected chi connectivity index (χ2v) is 7.37. The summed E-state index contributed by atoms with van der Waals surface area (Å²) in [6, 6.07) is 9.83. The zero-order valence-corrected chi connectivity index (χ0v) is 15.0. The van der Waals surface area contributed by atoms with Crippen LogP contribution in [0.5, 0.6) is 5.75 Å². The lowest BCUT2D eigenvalue weighted by Crippen LogP contribution is -2.47. The number of rotatable bonds is 7. The number of hydrogen-bond acceptors (Lipinski definition) is 4. The van der Waals surface area contributed by atoms with Gasteiger partial charge in [-0.05, 0) is 37.9 Å². The molecule has 1 saturated heterocycles. The molecule has 1 atom stereocenters. The van der Waals surface area contributed by atoms with E-state index in [0.717, 1.165) is 57.5 Å². The number of nitrogens with zero attached hydrogens (tertiary/aromatic N) is 1. The minimum Gasteiger partial charge on any atom is -0.491 e. The van der Waals surface area contributed by atoms with Crippen LogP contribution >= 0.6 is 0 Å². The van der Waals surface area contributed by atoms with Gasteiger partial charge in [0, 0.05) is 13.1 Å². The van der Waals surface area contributed by atoms with E-state index in [-0.39, 0.29) is 17.4 Å². The summed E-state index contributed by atoms with van der Waals surface area (Å²) in [6.07, 6.45) is 6.32. The van der Waals surface area contributed by atoms with E-state index in [2.05, 4.69) is 4.90 Å². The normalized spacial score (nSPS) is 23.9. The Bertz CT molecular complexity index is 543. The van der Waals surface area contributed by atoms with Crippen molar-refractivity contribution < 1.29 is 14.3 Å². The molecule has 1 amide bonds. The van der Waals surface area contributed by atoms with Crippen LogP contribution in [0, 0.1) is 5.41 Å². The van der Waals surface area contributed by atoms with Crippen molar-refractivity contribution in [2.45, 2.75) is 44.6 Å². The first kappa shape index (κ1) is 18.2. The number of primary amides is 1. The van der Waals surface area contributed by atoms with Gasteiger partial charge in [0.05, 0.1) is 12.0 Å². The summed E-state index contributed by atoms with van der Waals surface area (Å²) in [7, 11) is 0. The van der Waals surface area contributed by atoms with E-state index in [1.807, 2.05) is 30.3 Å². The molecule has 1 aliphatic heterocycles. The molecular formula is C20H30N2O3. The molecule has 3 rings (SSSR count). The molecule has 0 bridgehead atoms. The SMILES string of the molecule is NC(=O)C1(CCN2CCOC(COc3ccccc3)C2)CCCCC1. The van der Waals surface area contributed by atoms with Crippen molar-refractivity contribution in [3.8, 4) is 5.75 Å². The van der Waals surface area contributed by atoms with Crippen molar-refractivity contribution in [3.05, 3.63) is 30.3 Å². The van der Waals surface area contributed by atoms with Gasteiger partial charge >= 0.3 is 0 Å². The average molecular weight is 346 g/mol. The fraction of sp³-hybridized carbons (Fsp3) is 0.650. The zero-order chi connectivity index (χ0) is 17.5. The van der Waals surface area contributed by atoms with Crippen molar-refractivity contribution in [2.75, 3.05) is 32.8 Å². The van der Waals surface area contributed by atoms with Crippen molar-refractivity contribution in [1.82, 2.24) is 4.90 Å². The van der Waals surface area contributed by atoms with Gasteiger partial charge in [-0.15, -0.1) is 0 Å². The Labute approximate surface area is 150 Å². The maximum Gasteiger partial charge on any atom is 0.223 e. The lowest BCUT2D eigenvalue weighted by molar-refractivity contribution is -0.130. The number of carbonyl (C=O) groups excluding carboxylic acids is 1. The van der Waals surface area contributed by atoms with Gasteiger partial charge in [-0.2, -0.15) is 0 Å². The Kier molecular flexibility index (Phi) is 6.32. The highest BCUT2D eigenvalue weighted by Crippen LogP contribution is 2.39. The van der Waals surface area contributed by atoms with Crippen LogP contribution in [-0.4, -0.2) is 49.8 Å². The van der Waals surface area contributed by atoms with Gasteiger partial charge in [0.25, 0.3) is 0 Å². The molecule has 2 N–H and O–H groups in total. The van der Waals surface area contributed by atoms with E-state index >= 15 is 0 Å². The summed E-state index contributed by atoms with van der Waals surface area (Å²) in [6.45, 7) is 3.94. The van der Waals surface area contributed by atoms with Crippen LogP contribution in [0.2, 0.25) is 0 Å². The third kappa shape index (κ3) is 4.95. The molecule has 1 aliphatic carbocycles. The molecule has 1 unspecified atom stereocenters. The summed E-state index contributed by atoms with van der Waals surface area (Å²) in [5.41, 5.74) is 5.47. The number of carbonyl (C=O) groups is 1. The van der Waals surface area contributed by atoms with Crippen LogP contribution in [0.25, 0.3) is 0 Å². The smallest absolute Gasteiger partial charge is 0.223 e. The van der Waals surface area contributed by atoms with Crippen LogP contribution in [0.4, 0.5) is 0 Å². The van der Waals surface area contributed by atoms with Crippen molar-refractivity contribution >= 4 is 5.91 Å². The summed E-state index contributed by atoms with van der Waals surface area (Å²) in [4.78, 5) is 14.4. The van der Waals surface area contributed by atoms with Gasteiger partial charge in [-0.25, -0.2) is 0 Å². The lowest BCUT2D eigenvalue weighted by atomic mass is 9.71. The van der Waals surface area contributed by atoms with Crippen LogP contribution in [-0.2, 0) is 9.53 Å². The number of morpholine rings is 1. The van der Waals surface area contributed by atoms with E-state index < -0.39 is 0 Å². The van der Waals surface area contributed by atoms with Gasteiger partial charge < -0.3 is 15.2 Å². The Morgan fingerprint density at radius 1 is 1.24 bits per heavy atom. The molecule has 5 nitrogen and oxygen atoms in total. The summed E-state index contributed by atoms with van der Waals surface area (Å²) in [5, 5.41) is 0. The lowest BCUT2D eigenvalue weighted by Gasteiger charge is -2.38. The van der Waals surface area contributed by atoms with Crippen molar-refractivity contribution in [1.29, 1.82) is 0 Å². The quantitative estimate of drug-likeness (QED) is 0.824. The average Bonchev–Trinajstić information content (AvgIpc) is 2.66. The number of nitrogens with two attached hydrogens (primary N) is 1. The van der Waals surface area contributed by atoms with Crippen LogP contribution in [0.15, 0.2) is 30.3 Å². The highest BCUT2D eigenvalue weighted by Gasteiger charge is 2.38.